The second-order valence-electron chi connectivity index (χ2n) is 7.95. The van der Waals surface area contributed by atoms with E-state index in [9.17, 15) is 9.59 Å². The Kier molecular flexibility index (Phi) is 6.98. The Morgan fingerprint density at radius 1 is 1.10 bits per heavy atom. The summed E-state index contributed by atoms with van der Waals surface area (Å²) in [7, 11) is 3.13. The quantitative estimate of drug-likeness (QED) is 0.722. The van der Waals surface area contributed by atoms with E-state index in [0.29, 0.717) is 36.2 Å². The molecule has 0 saturated carbocycles. The average Bonchev–Trinajstić information content (AvgIpc) is 3.15. The van der Waals surface area contributed by atoms with Crippen LogP contribution in [0.5, 0.6) is 11.5 Å². The minimum atomic E-state index is -0.366. The van der Waals surface area contributed by atoms with E-state index in [1.54, 1.807) is 31.3 Å². The van der Waals surface area contributed by atoms with Gasteiger partial charge >= 0.3 is 0 Å². The minimum absolute atomic E-state index is 0.0640. The number of amides is 2. The number of hydrogen-bond donors (Lipinski definition) is 1. The zero-order valence-corrected chi connectivity index (χ0v) is 18.1. The third kappa shape index (κ3) is 4.75. The van der Waals surface area contributed by atoms with Crippen LogP contribution in [0, 0.1) is 11.8 Å². The molecule has 6 nitrogen and oxygen atoms in total. The fraction of sp³-hybridized carbons (Fsp3) is 0.417. The third-order valence-electron chi connectivity index (χ3n) is 5.70. The number of methoxy groups -OCH3 is 2. The van der Waals surface area contributed by atoms with Gasteiger partial charge in [-0.1, -0.05) is 44.2 Å². The Balaban J connectivity index is 1.65. The van der Waals surface area contributed by atoms with Crippen molar-refractivity contribution in [3.05, 3.63) is 54.1 Å². The highest BCUT2D eigenvalue weighted by Crippen LogP contribution is 2.34. The van der Waals surface area contributed by atoms with E-state index in [-0.39, 0.29) is 30.1 Å². The Labute approximate surface area is 178 Å². The maximum atomic E-state index is 12.8. The second-order valence-corrected chi connectivity index (χ2v) is 7.95. The fourth-order valence-corrected chi connectivity index (χ4v) is 3.92. The molecule has 2 aromatic rings. The van der Waals surface area contributed by atoms with Crippen molar-refractivity contribution in [2.75, 3.05) is 32.2 Å². The topological polar surface area (TPSA) is 67.9 Å². The molecule has 2 aromatic carbocycles. The third-order valence-corrected chi connectivity index (χ3v) is 5.70. The van der Waals surface area contributed by atoms with Gasteiger partial charge in [-0.25, -0.2) is 0 Å². The van der Waals surface area contributed by atoms with Gasteiger partial charge in [-0.2, -0.15) is 0 Å². The highest BCUT2D eigenvalue weighted by molar-refractivity contribution is 6.00. The molecule has 1 fully saturated rings. The van der Waals surface area contributed by atoms with Crippen LogP contribution in [0.2, 0.25) is 0 Å². The smallest absolute Gasteiger partial charge is 0.227 e. The summed E-state index contributed by atoms with van der Waals surface area (Å²) in [5, 5.41) is 3.08. The van der Waals surface area contributed by atoms with Crippen LogP contribution in [0.3, 0.4) is 0 Å². The van der Waals surface area contributed by atoms with Crippen LogP contribution < -0.4 is 19.7 Å². The predicted molar refractivity (Wildman–Crippen MR) is 117 cm³/mol. The van der Waals surface area contributed by atoms with Gasteiger partial charge in [0, 0.05) is 37.2 Å². The number of benzene rings is 2. The van der Waals surface area contributed by atoms with E-state index in [4.69, 9.17) is 9.47 Å². The summed E-state index contributed by atoms with van der Waals surface area (Å²) in [6.45, 7) is 5.23. The maximum Gasteiger partial charge on any atom is 0.227 e. The lowest BCUT2D eigenvalue weighted by atomic mass is 9.88. The van der Waals surface area contributed by atoms with E-state index in [2.05, 4.69) is 31.3 Å². The molecule has 0 aliphatic carbocycles. The minimum Gasteiger partial charge on any atom is -0.493 e. The number of rotatable bonds is 8. The first-order chi connectivity index (χ1) is 14.4. The molecule has 2 unspecified atom stereocenters. The Bertz CT molecular complexity index is 882. The van der Waals surface area contributed by atoms with Crippen LogP contribution >= 0.6 is 0 Å². The van der Waals surface area contributed by atoms with E-state index >= 15 is 0 Å². The van der Waals surface area contributed by atoms with Crippen LogP contribution in [0.4, 0.5) is 5.69 Å². The van der Waals surface area contributed by atoms with Gasteiger partial charge in [-0.15, -0.1) is 0 Å². The molecule has 1 aliphatic heterocycles. The van der Waals surface area contributed by atoms with Crippen LogP contribution in [0.15, 0.2) is 48.5 Å². The Morgan fingerprint density at radius 2 is 1.80 bits per heavy atom. The van der Waals surface area contributed by atoms with Crippen molar-refractivity contribution < 1.29 is 19.1 Å². The Hall–Kier alpha value is -3.02. The molecule has 0 bridgehead atoms. The number of anilines is 1. The van der Waals surface area contributed by atoms with Crippen molar-refractivity contribution >= 4 is 17.5 Å². The second kappa shape index (κ2) is 9.65. The van der Waals surface area contributed by atoms with Gasteiger partial charge in [0.05, 0.1) is 20.1 Å². The highest BCUT2D eigenvalue weighted by Gasteiger charge is 2.35. The molecule has 0 spiro atoms. The van der Waals surface area contributed by atoms with Crippen molar-refractivity contribution in [2.24, 2.45) is 11.8 Å². The summed E-state index contributed by atoms with van der Waals surface area (Å²) < 4.78 is 10.6. The van der Waals surface area contributed by atoms with Crippen molar-refractivity contribution in [3.8, 4) is 11.5 Å². The molecular weight excluding hydrogens is 380 g/mol. The zero-order valence-electron chi connectivity index (χ0n) is 18.1. The van der Waals surface area contributed by atoms with Gasteiger partial charge in [-0.05, 0) is 23.6 Å². The van der Waals surface area contributed by atoms with Gasteiger partial charge in [0.2, 0.25) is 11.8 Å². The number of nitrogens with zero attached hydrogens (tertiary/aromatic N) is 1. The molecule has 30 heavy (non-hydrogen) atoms. The number of nitrogens with one attached hydrogen (secondary N) is 1. The molecule has 0 radical (unpaired) electrons. The van der Waals surface area contributed by atoms with Crippen LogP contribution in [0.25, 0.3) is 0 Å². The highest BCUT2D eigenvalue weighted by atomic mass is 16.5. The van der Waals surface area contributed by atoms with Gasteiger partial charge < -0.3 is 19.7 Å². The maximum absolute atomic E-state index is 12.8. The van der Waals surface area contributed by atoms with Gasteiger partial charge in [0.15, 0.2) is 11.5 Å². The standard InChI is InChI=1S/C24H30N2O4/c1-16(2)20(17-8-6-5-7-9-17)14-25-24(28)18-12-23(27)26(15-18)19-10-11-21(29-3)22(13-19)30-4/h5-11,13,16,18,20H,12,14-15H2,1-4H3,(H,25,28). The number of hydrogen-bond acceptors (Lipinski definition) is 4. The molecule has 1 saturated heterocycles. The lowest BCUT2D eigenvalue weighted by molar-refractivity contribution is -0.126. The van der Waals surface area contributed by atoms with E-state index in [0.717, 1.165) is 0 Å². The summed E-state index contributed by atoms with van der Waals surface area (Å²) >= 11 is 0. The summed E-state index contributed by atoms with van der Waals surface area (Å²) in [5.74, 6) is 1.27. The predicted octanol–water partition coefficient (Wildman–Crippen LogP) is 3.61. The molecular formula is C24H30N2O4. The van der Waals surface area contributed by atoms with Gasteiger partial charge in [0.1, 0.15) is 0 Å². The number of carbonyl (C=O) groups excluding carboxylic acids is 2. The lowest BCUT2D eigenvalue weighted by Gasteiger charge is -2.23. The summed E-state index contributed by atoms with van der Waals surface area (Å²) in [6.07, 6.45) is 0.206. The molecule has 160 valence electrons. The molecule has 0 aromatic heterocycles. The zero-order chi connectivity index (χ0) is 21.7. The molecule has 2 amide bonds. The van der Waals surface area contributed by atoms with E-state index in [1.165, 1.54) is 5.56 Å². The fourth-order valence-electron chi connectivity index (χ4n) is 3.92. The van der Waals surface area contributed by atoms with Crippen molar-refractivity contribution in [1.29, 1.82) is 0 Å². The summed E-state index contributed by atoms with van der Waals surface area (Å²) in [4.78, 5) is 27.0. The lowest BCUT2D eigenvalue weighted by Crippen LogP contribution is -2.36. The molecule has 2 atom stereocenters. The molecule has 1 N–H and O–H groups in total. The van der Waals surface area contributed by atoms with Gasteiger partial charge in [0.25, 0.3) is 0 Å². The first kappa shape index (κ1) is 21.7. The monoisotopic (exact) mass is 410 g/mol. The van der Waals surface area contributed by atoms with Crippen molar-refractivity contribution in [3.63, 3.8) is 0 Å². The molecule has 6 heteroatoms. The number of carbonyl (C=O) groups is 2. The largest absolute Gasteiger partial charge is 0.493 e. The molecule has 1 aliphatic rings. The van der Waals surface area contributed by atoms with E-state index < -0.39 is 0 Å². The van der Waals surface area contributed by atoms with Gasteiger partial charge in [-0.3, -0.25) is 9.59 Å². The van der Waals surface area contributed by atoms with Crippen molar-refractivity contribution in [1.82, 2.24) is 5.32 Å². The number of ether oxygens (including phenoxy) is 2. The first-order valence-electron chi connectivity index (χ1n) is 10.3. The van der Waals surface area contributed by atoms with Crippen LogP contribution in [0.1, 0.15) is 31.7 Å². The summed E-state index contributed by atoms with van der Waals surface area (Å²) in [6, 6.07) is 15.6. The SMILES string of the molecule is COc1ccc(N2CC(C(=O)NCC(c3ccccc3)C(C)C)CC2=O)cc1OC. The normalized spacial score (nSPS) is 17.2. The van der Waals surface area contributed by atoms with E-state index in [1.807, 2.05) is 24.3 Å². The first-order valence-corrected chi connectivity index (χ1v) is 10.3. The molecule has 3 rings (SSSR count). The molecule has 1 heterocycles. The van der Waals surface area contributed by atoms with Crippen LogP contribution in [-0.2, 0) is 9.59 Å². The van der Waals surface area contributed by atoms with Crippen molar-refractivity contribution in [2.45, 2.75) is 26.2 Å². The summed E-state index contributed by atoms with van der Waals surface area (Å²) in [5.41, 5.74) is 1.92. The van der Waals surface area contributed by atoms with Crippen LogP contribution in [-0.4, -0.2) is 39.1 Å². The average molecular weight is 411 g/mol. The Morgan fingerprint density at radius 3 is 2.43 bits per heavy atom.